The van der Waals surface area contributed by atoms with E-state index in [1.54, 1.807) is 6.20 Å². The molecule has 1 amide bonds. The van der Waals surface area contributed by atoms with Gasteiger partial charge in [0.25, 0.3) is 5.91 Å². The maximum Gasteiger partial charge on any atom is 0.253 e. The van der Waals surface area contributed by atoms with Crippen LogP contribution in [0.2, 0.25) is 0 Å². The van der Waals surface area contributed by atoms with Crippen LogP contribution in [0.1, 0.15) is 48.9 Å². The number of likely N-dealkylation sites (tertiary alicyclic amines) is 1. The molecule has 4 aromatic heterocycles. The summed E-state index contributed by atoms with van der Waals surface area (Å²) in [6.07, 6.45) is 7.37. The molecule has 1 fully saturated rings. The number of imidazole rings is 1. The monoisotopic (exact) mass is 431 g/mol. The molecule has 5 rings (SSSR count). The number of H-pyrrole nitrogens is 1. The molecule has 1 saturated heterocycles. The second-order valence-electron chi connectivity index (χ2n) is 9.06. The Kier molecular flexibility index (Phi) is 5.17. The molecule has 0 unspecified atom stereocenters. The Morgan fingerprint density at radius 2 is 1.97 bits per heavy atom. The third kappa shape index (κ3) is 3.64. The lowest BCUT2D eigenvalue weighted by molar-refractivity contribution is 0.0916. The molecule has 2 N–H and O–H groups in total. The first-order valence-corrected chi connectivity index (χ1v) is 11.2. The first kappa shape index (κ1) is 20.6. The van der Waals surface area contributed by atoms with Crippen molar-refractivity contribution in [1.29, 1.82) is 0 Å². The molecular weight excluding hydrogens is 402 g/mol. The zero-order valence-electron chi connectivity index (χ0n) is 19.0. The minimum absolute atomic E-state index is 0.0665. The summed E-state index contributed by atoms with van der Waals surface area (Å²) in [6, 6.07) is 4.55. The third-order valence-electron chi connectivity index (χ3n) is 6.40. The number of pyridine rings is 2. The van der Waals surface area contributed by atoms with Gasteiger partial charge in [0, 0.05) is 47.2 Å². The highest BCUT2D eigenvalue weighted by atomic mass is 16.1. The number of carbonyl (C=O) groups excluding carboxylic acids is 1. The van der Waals surface area contributed by atoms with Crippen molar-refractivity contribution >= 4 is 28.1 Å². The fraction of sp³-hybridized carbons (Fsp3) is 0.417. The maximum atomic E-state index is 12.9. The van der Waals surface area contributed by atoms with Crippen LogP contribution in [-0.2, 0) is 0 Å². The predicted octanol–water partition coefficient (Wildman–Crippen LogP) is 3.69. The fourth-order valence-electron chi connectivity index (χ4n) is 4.68. The van der Waals surface area contributed by atoms with Gasteiger partial charge in [-0.1, -0.05) is 0 Å². The minimum Gasteiger partial charge on any atom is -0.349 e. The van der Waals surface area contributed by atoms with E-state index in [4.69, 9.17) is 0 Å². The average Bonchev–Trinajstić information content (AvgIpc) is 3.34. The Bertz CT molecular complexity index is 1290. The van der Waals surface area contributed by atoms with E-state index in [2.05, 4.69) is 61.7 Å². The topological polar surface area (TPSA) is 91.7 Å². The highest BCUT2D eigenvalue weighted by Crippen LogP contribution is 2.31. The average molecular weight is 432 g/mol. The summed E-state index contributed by atoms with van der Waals surface area (Å²) in [5, 5.41) is 4.09. The highest BCUT2D eigenvalue weighted by molar-refractivity contribution is 6.01. The molecular formula is C24H29N7O. The summed E-state index contributed by atoms with van der Waals surface area (Å²) >= 11 is 0. The Balaban J connectivity index is 1.49. The number of aromatic nitrogens is 5. The Morgan fingerprint density at radius 3 is 2.72 bits per heavy atom. The van der Waals surface area contributed by atoms with Gasteiger partial charge in [-0.3, -0.25) is 4.79 Å². The quantitative estimate of drug-likeness (QED) is 0.514. The minimum atomic E-state index is -0.0665. The van der Waals surface area contributed by atoms with E-state index >= 15 is 0 Å². The van der Waals surface area contributed by atoms with Crippen molar-refractivity contribution in [3.05, 3.63) is 42.1 Å². The van der Waals surface area contributed by atoms with E-state index in [9.17, 15) is 4.79 Å². The van der Waals surface area contributed by atoms with Gasteiger partial charge in [0.05, 0.1) is 11.1 Å². The summed E-state index contributed by atoms with van der Waals surface area (Å²) in [4.78, 5) is 32.1. The molecule has 8 nitrogen and oxygen atoms in total. The Hall–Kier alpha value is -3.26. The van der Waals surface area contributed by atoms with Crippen LogP contribution >= 0.6 is 0 Å². The molecule has 0 bridgehead atoms. The molecule has 5 heterocycles. The SMILES string of the molecule is Cc1nc2ncc(-c3c[nH]c4ncc(C(=O)NC5CCN(C)CC5)cc34)cc2n1C(C)C. The van der Waals surface area contributed by atoms with E-state index in [0.717, 1.165) is 65.1 Å². The number of aromatic amines is 1. The van der Waals surface area contributed by atoms with Crippen molar-refractivity contribution in [2.75, 3.05) is 20.1 Å². The summed E-state index contributed by atoms with van der Waals surface area (Å²) in [5.74, 6) is 0.885. The van der Waals surface area contributed by atoms with E-state index in [1.807, 2.05) is 25.4 Å². The maximum absolute atomic E-state index is 12.9. The number of hydrogen-bond donors (Lipinski definition) is 2. The normalized spacial score (nSPS) is 15.8. The second kappa shape index (κ2) is 8.02. The van der Waals surface area contributed by atoms with Gasteiger partial charge in [0.15, 0.2) is 5.65 Å². The number of rotatable bonds is 4. The third-order valence-corrected chi connectivity index (χ3v) is 6.40. The fourth-order valence-corrected chi connectivity index (χ4v) is 4.68. The van der Waals surface area contributed by atoms with Crippen LogP contribution in [0, 0.1) is 6.92 Å². The van der Waals surface area contributed by atoms with Crippen LogP contribution < -0.4 is 5.32 Å². The molecule has 8 heteroatoms. The number of fused-ring (bicyclic) bond motifs is 2. The number of nitrogens with one attached hydrogen (secondary N) is 2. The van der Waals surface area contributed by atoms with Crippen molar-refractivity contribution in [3.8, 4) is 11.1 Å². The number of carbonyl (C=O) groups is 1. The van der Waals surface area contributed by atoms with Gasteiger partial charge in [0.1, 0.15) is 11.5 Å². The van der Waals surface area contributed by atoms with E-state index in [0.29, 0.717) is 5.56 Å². The van der Waals surface area contributed by atoms with Gasteiger partial charge in [-0.15, -0.1) is 0 Å². The van der Waals surface area contributed by atoms with Crippen LogP contribution in [0.5, 0.6) is 0 Å². The lowest BCUT2D eigenvalue weighted by Gasteiger charge is -2.29. The Labute approximate surface area is 187 Å². The van der Waals surface area contributed by atoms with Crippen LogP contribution in [0.25, 0.3) is 33.3 Å². The highest BCUT2D eigenvalue weighted by Gasteiger charge is 2.20. The number of amides is 1. The lowest BCUT2D eigenvalue weighted by atomic mass is 10.0. The van der Waals surface area contributed by atoms with Gasteiger partial charge in [-0.25, -0.2) is 15.0 Å². The Morgan fingerprint density at radius 1 is 1.19 bits per heavy atom. The number of nitrogens with zero attached hydrogens (tertiary/aromatic N) is 5. The van der Waals surface area contributed by atoms with Crippen LogP contribution in [0.4, 0.5) is 0 Å². The lowest BCUT2D eigenvalue weighted by Crippen LogP contribution is -2.43. The van der Waals surface area contributed by atoms with E-state index in [1.165, 1.54) is 0 Å². The summed E-state index contributed by atoms with van der Waals surface area (Å²) in [7, 11) is 2.12. The molecule has 166 valence electrons. The van der Waals surface area contributed by atoms with Gasteiger partial charge >= 0.3 is 0 Å². The van der Waals surface area contributed by atoms with E-state index in [-0.39, 0.29) is 18.0 Å². The van der Waals surface area contributed by atoms with Crippen LogP contribution in [0.15, 0.2) is 30.7 Å². The van der Waals surface area contributed by atoms with E-state index < -0.39 is 0 Å². The van der Waals surface area contributed by atoms with Crippen molar-refractivity contribution in [2.45, 2.75) is 45.7 Å². The molecule has 4 aromatic rings. The van der Waals surface area contributed by atoms with Crippen LogP contribution in [-0.4, -0.2) is 61.5 Å². The van der Waals surface area contributed by atoms with Gasteiger partial charge in [-0.2, -0.15) is 0 Å². The number of hydrogen-bond acceptors (Lipinski definition) is 5. The molecule has 1 aliphatic rings. The smallest absolute Gasteiger partial charge is 0.253 e. The summed E-state index contributed by atoms with van der Waals surface area (Å²) in [5.41, 5.74) is 5.04. The van der Waals surface area contributed by atoms with Crippen molar-refractivity contribution in [2.24, 2.45) is 0 Å². The number of piperidine rings is 1. The molecule has 0 aliphatic carbocycles. The first-order chi connectivity index (χ1) is 15.4. The largest absolute Gasteiger partial charge is 0.349 e. The van der Waals surface area contributed by atoms with Crippen molar-refractivity contribution < 1.29 is 4.79 Å². The standard InChI is InChI=1S/C24H29N7O/c1-14(2)31-15(3)28-23-21(31)10-16(11-26-23)20-13-27-22-19(20)9-17(12-25-22)24(32)29-18-5-7-30(4)8-6-18/h9-14,18H,5-8H2,1-4H3,(H,25,27)(H,29,32). The summed E-state index contributed by atoms with van der Waals surface area (Å²) in [6.45, 7) is 8.31. The first-order valence-electron chi connectivity index (χ1n) is 11.2. The second-order valence-corrected chi connectivity index (χ2v) is 9.06. The zero-order valence-corrected chi connectivity index (χ0v) is 19.0. The van der Waals surface area contributed by atoms with Gasteiger partial charge in [0.2, 0.25) is 0 Å². The van der Waals surface area contributed by atoms with Crippen molar-refractivity contribution in [3.63, 3.8) is 0 Å². The molecule has 0 atom stereocenters. The predicted molar refractivity (Wildman–Crippen MR) is 126 cm³/mol. The summed E-state index contributed by atoms with van der Waals surface area (Å²) < 4.78 is 2.19. The molecule has 1 aliphatic heterocycles. The molecule has 0 spiro atoms. The van der Waals surface area contributed by atoms with Gasteiger partial charge < -0.3 is 19.8 Å². The van der Waals surface area contributed by atoms with Crippen molar-refractivity contribution in [1.82, 2.24) is 34.7 Å². The zero-order chi connectivity index (χ0) is 22.4. The molecule has 0 saturated carbocycles. The molecule has 0 radical (unpaired) electrons. The molecule has 32 heavy (non-hydrogen) atoms. The number of aryl methyl sites for hydroxylation is 1. The van der Waals surface area contributed by atoms with Crippen LogP contribution in [0.3, 0.4) is 0 Å². The molecule has 0 aromatic carbocycles. The van der Waals surface area contributed by atoms with Gasteiger partial charge in [-0.05, 0) is 65.9 Å².